The molecule has 1 heterocycles. The Morgan fingerprint density at radius 2 is 2.24 bits per heavy atom. The van der Waals surface area contributed by atoms with Gasteiger partial charge in [-0.05, 0) is 11.6 Å². The maximum Gasteiger partial charge on any atom is 0.213 e. The van der Waals surface area contributed by atoms with Crippen LogP contribution in [0.4, 0.5) is 0 Å². The van der Waals surface area contributed by atoms with Crippen LogP contribution in [0.3, 0.4) is 0 Å². The van der Waals surface area contributed by atoms with E-state index in [0.717, 1.165) is 5.56 Å². The van der Waals surface area contributed by atoms with E-state index in [0.29, 0.717) is 37.0 Å². The number of halogens is 1. The minimum atomic E-state index is -0.572. The van der Waals surface area contributed by atoms with Gasteiger partial charge in [0.1, 0.15) is 0 Å². The molecule has 1 aromatic heterocycles. The van der Waals surface area contributed by atoms with Crippen LogP contribution in [0.15, 0.2) is 35.2 Å². The van der Waals surface area contributed by atoms with Crippen LogP contribution in [0, 0.1) is 0 Å². The molecule has 0 bridgehead atoms. The average molecular weight is 312 g/mol. The highest BCUT2D eigenvalue weighted by atomic mass is 35.5. The zero-order chi connectivity index (χ0) is 14.9. The molecule has 1 unspecified atom stereocenters. The molecule has 1 aromatic carbocycles. The van der Waals surface area contributed by atoms with Gasteiger partial charge < -0.3 is 19.7 Å². The number of aromatic nitrogens is 2. The van der Waals surface area contributed by atoms with Crippen LogP contribution in [-0.2, 0) is 17.8 Å². The third-order valence-corrected chi connectivity index (χ3v) is 3.21. The molecule has 0 aliphatic heterocycles. The van der Waals surface area contributed by atoms with Gasteiger partial charge in [0.25, 0.3) is 0 Å². The average Bonchev–Trinajstić information content (AvgIpc) is 2.99. The number of nitrogens with one attached hydrogen (secondary N) is 1. The zero-order valence-electron chi connectivity index (χ0n) is 11.5. The molecule has 2 N–H and O–H groups in total. The largest absolute Gasteiger partial charge is 0.389 e. The van der Waals surface area contributed by atoms with Crippen molar-refractivity contribution in [1.82, 2.24) is 15.5 Å². The minimum Gasteiger partial charge on any atom is -0.389 e. The standard InChI is InChI=1S/C14H18ClN3O3/c15-13-4-2-1-3-11(13)8-20-9-12(19)7-16-6-5-14-17-10-21-18-14/h1-4,10,12,16,19H,5-9H2. The second kappa shape index (κ2) is 8.74. The van der Waals surface area contributed by atoms with Crippen LogP contribution in [-0.4, -0.2) is 41.0 Å². The molecule has 21 heavy (non-hydrogen) atoms. The van der Waals surface area contributed by atoms with Crippen molar-refractivity contribution in [3.63, 3.8) is 0 Å². The van der Waals surface area contributed by atoms with E-state index >= 15 is 0 Å². The monoisotopic (exact) mass is 311 g/mol. The fourth-order valence-corrected chi connectivity index (χ4v) is 1.94. The van der Waals surface area contributed by atoms with Crippen molar-refractivity contribution in [2.24, 2.45) is 0 Å². The van der Waals surface area contributed by atoms with E-state index in [1.54, 1.807) is 0 Å². The molecule has 0 aliphatic rings. The predicted octanol–water partition coefficient (Wildman–Crippen LogP) is 1.43. The van der Waals surface area contributed by atoms with Crippen LogP contribution in [0.5, 0.6) is 0 Å². The van der Waals surface area contributed by atoms with Crippen molar-refractivity contribution >= 4 is 11.6 Å². The van der Waals surface area contributed by atoms with Crippen molar-refractivity contribution in [2.45, 2.75) is 19.1 Å². The number of hydrogen-bond acceptors (Lipinski definition) is 6. The van der Waals surface area contributed by atoms with E-state index in [2.05, 4.69) is 20.0 Å². The van der Waals surface area contributed by atoms with Crippen molar-refractivity contribution in [3.8, 4) is 0 Å². The Hall–Kier alpha value is -1.47. The summed E-state index contributed by atoms with van der Waals surface area (Å²) in [7, 11) is 0. The molecule has 114 valence electrons. The van der Waals surface area contributed by atoms with Gasteiger partial charge in [-0.3, -0.25) is 0 Å². The summed E-state index contributed by atoms with van der Waals surface area (Å²) >= 11 is 6.02. The molecule has 0 radical (unpaired) electrons. The first-order valence-electron chi connectivity index (χ1n) is 6.71. The fraction of sp³-hybridized carbons (Fsp3) is 0.429. The van der Waals surface area contributed by atoms with Crippen LogP contribution < -0.4 is 5.32 Å². The number of aliphatic hydroxyl groups is 1. The summed E-state index contributed by atoms with van der Waals surface area (Å²) in [5.74, 6) is 0.645. The van der Waals surface area contributed by atoms with E-state index in [9.17, 15) is 5.11 Å². The molecule has 1 atom stereocenters. The first kappa shape index (κ1) is 15.9. The molecule has 0 amide bonds. The molecule has 0 saturated heterocycles. The van der Waals surface area contributed by atoms with Crippen molar-refractivity contribution in [2.75, 3.05) is 19.7 Å². The molecule has 6 nitrogen and oxygen atoms in total. The number of benzene rings is 1. The Morgan fingerprint density at radius 1 is 1.38 bits per heavy atom. The van der Waals surface area contributed by atoms with Gasteiger partial charge >= 0.3 is 0 Å². The Kier molecular flexibility index (Phi) is 6.62. The van der Waals surface area contributed by atoms with Gasteiger partial charge in [0.05, 0.1) is 19.3 Å². The van der Waals surface area contributed by atoms with Gasteiger partial charge in [0, 0.05) is 24.5 Å². The van der Waals surface area contributed by atoms with Crippen LogP contribution in [0.1, 0.15) is 11.4 Å². The maximum absolute atomic E-state index is 9.78. The normalized spacial score (nSPS) is 12.5. The van der Waals surface area contributed by atoms with Gasteiger partial charge in [-0.25, -0.2) is 0 Å². The Balaban J connectivity index is 1.55. The Bertz CT molecular complexity index is 522. The summed E-state index contributed by atoms with van der Waals surface area (Å²) < 4.78 is 10.1. The van der Waals surface area contributed by atoms with Crippen LogP contribution >= 0.6 is 11.6 Å². The molecule has 0 fully saturated rings. The van der Waals surface area contributed by atoms with Crippen LogP contribution in [0.2, 0.25) is 5.02 Å². The maximum atomic E-state index is 9.78. The fourth-order valence-electron chi connectivity index (χ4n) is 1.75. The minimum absolute atomic E-state index is 0.250. The highest BCUT2D eigenvalue weighted by molar-refractivity contribution is 6.31. The lowest BCUT2D eigenvalue weighted by molar-refractivity contribution is 0.0290. The van der Waals surface area contributed by atoms with E-state index in [1.807, 2.05) is 24.3 Å². The smallest absolute Gasteiger partial charge is 0.213 e. The third kappa shape index (κ3) is 5.81. The molecule has 0 saturated carbocycles. The van der Waals surface area contributed by atoms with Gasteiger partial charge in [0.15, 0.2) is 5.82 Å². The van der Waals surface area contributed by atoms with Crippen molar-refractivity contribution in [1.29, 1.82) is 0 Å². The van der Waals surface area contributed by atoms with Crippen molar-refractivity contribution in [3.05, 3.63) is 47.1 Å². The topological polar surface area (TPSA) is 80.4 Å². The number of ether oxygens (including phenoxy) is 1. The molecule has 7 heteroatoms. The SMILES string of the molecule is OC(CNCCc1ncon1)COCc1ccccc1Cl. The summed E-state index contributed by atoms with van der Waals surface area (Å²) in [5.41, 5.74) is 0.913. The van der Waals surface area contributed by atoms with E-state index in [4.69, 9.17) is 16.3 Å². The summed E-state index contributed by atoms with van der Waals surface area (Å²) in [5, 5.41) is 17.3. The van der Waals surface area contributed by atoms with E-state index in [-0.39, 0.29) is 6.61 Å². The second-order valence-corrected chi connectivity index (χ2v) is 4.97. The predicted molar refractivity (Wildman–Crippen MR) is 78.0 cm³/mol. The quantitative estimate of drug-likeness (QED) is 0.682. The summed E-state index contributed by atoms with van der Waals surface area (Å²) in [6.07, 6.45) is 1.38. The molecule has 0 aliphatic carbocycles. The highest BCUT2D eigenvalue weighted by Gasteiger charge is 2.06. The van der Waals surface area contributed by atoms with Gasteiger partial charge in [-0.2, -0.15) is 4.98 Å². The van der Waals surface area contributed by atoms with E-state index < -0.39 is 6.10 Å². The molecule has 2 aromatic rings. The van der Waals surface area contributed by atoms with Crippen LogP contribution in [0.25, 0.3) is 0 Å². The third-order valence-electron chi connectivity index (χ3n) is 2.84. The highest BCUT2D eigenvalue weighted by Crippen LogP contribution is 2.15. The lowest BCUT2D eigenvalue weighted by Crippen LogP contribution is -2.31. The summed E-state index contributed by atoms with van der Waals surface area (Å²) in [6, 6.07) is 7.49. The first-order chi connectivity index (χ1) is 10.3. The summed E-state index contributed by atoms with van der Waals surface area (Å²) in [4.78, 5) is 3.91. The first-order valence-corrected chi connectivity index (χ1v) is 7.08. The second-order valence-electron chi connectivity index (χ2n) is 4.56. The van der Waals surface area contributed by atoms with E-state index in [1.165, 1.54) is 6.39 Å². The summed E-state index contributed by atoms with van der Waals surface area (Å²) in [6.45, 7) is 1.75. The number of hydrogen-bond donors (Lipinski definition) is 2. The molecule has 0 spiro atoms. The Labute approximate surface area is 128 Å². The number of nitrogens with zero attached hydrogens (tertiary/aromatic N) is 2. The number of rotatable bonds is 9. The molecule has 2 rings (SSSR count). The zero-order valence-corrected chi connectivity index (χ0v) is 12.3. The van der Waals surface area contributed by atoms with Gasteiger partial charge in [-0.1, -0.05) is 35.0 Å². The molecular weight excluding hydrogens is 294 g/mol. The lowest BCUT2D eigenvalue weighted by atomic mass is 10.2. The Morgan fingerprint density at radius 3 is 3.00 bits per heavy atom. The van der Waals surface area contributed by atoms with Crippen molar-refractivity contribution < 1.29 is 14.4 Å². The van der Waals surface area contributed by atoms with Gasteiger partial charge in [0.2, 0.25) is 6.39 Å². The van der Waals surface area contributed by atoms with Gasteiger partial charge in [-0.15, -0.1) is 0 Å². The molecular formula is C14H18ClN3O3. The number of aliphatic hydroxyl groups excluding tert-OH is 1. The lowest BCUT2D eigenvalue weighted by Gasteiger charge is -2.12.